The third-order valence-corrected chi connectivity index (χ3v) is 11.4. The first-order valence-electron chi connectivity index (χ1n) is 8.35. The van der Waals surface area contributed by atoms with Crippen molar-refractivity contribution >= 4 is 13.3 Å². The third kappa shape index (κ3) is 1.38. The van der Waals surface area contributed by atoms with E-state index in [1.54, 1.807) is 22.7 Å². The molecule has 0 saturated heterocycles. The van der Waals surface area contributed by atoms with Gasteiger partial charge in [-0.15, -0.1) is 0 Å². The van der Waals surface area contributed by atoms with E-state index in [1.807, 2.05) is 10.8 Å². The summed E-state index contributed by atoms with van der Waals surface area (Å²) in [6.07, 6.45) is 2.87. The SMILES string of the molecule is Cc1cc2c3c4c1C(C)(C)C[Si]4(C)CCC3CC2(C)C. The smallest absolute Gasteiger partial charge is 0.0652 e. The first kappa shape index (κ1) is 13.1. The Bertz CT molecular complexity index is 623. The van der Waals surface area contributed by atoms with Gasteiger partial charge in [-0.3, -0.25) is 0 Å². The number of rotatable bonds is 0. The molecule has 2 atom stereocenters. The molecule has 2 unspecified atom stereocenters. The van der Waals surface area contributed by atoms with Crippen molar-refractivity contribution in [2.45, 2.75) is 82.8 Å². The van der Waals surface area contributed by atoms with Gasteiger partial charge in [0.2, 0.25) is 0 Å². The van der Waals surface area contributed by atoms with Crippen LogP contribution in [-0.2, 0) is 10.8 Å². The Morgan fingerprint density at radius 3 is 2.55 bits per heavy atom. The fourth-order valence-electron chi connectivity index (χ4n) is 6.25. The van der Waals surface area contributed by atoms with Crippen molar-refractivity contribution in [3.8, 4) is 0 Å². The highest BCUT2D eigenvalue weighted by Gasteiger charge is 2.54. The highest BCUT2D eigenvalue weighted by atomic mass is 28.3. The Hall–Kier alpha value is -0.563. The van der Waals surface area contributed by atoms with E-state index in [2.05, 4.69) is 47.2 Å². The molecule has 1 aliphatic carbocycles. The average Bonchev–Trinajstić information content (AvgIpc) is 2.67. The maximum Gasteiger partial charge on any atom is 0.0853 e. The molecule has 1 heteroatoms. The average molecular weight is 285 g/mol. The molecule has 0 amide bonds. The molecule has 0 radical (unpaired) electrons. The monoisotopic (exact) mass is 284 g/mol. The minimum Gasteiger partial charge on any atom is -0.0652 e. The molecule has 0 N–H and O–H groups in total. The second-order valence-corrected chi connectivity index (χ2v) is 13.8. The standard InChI is InChI=1S/C19H28Si/c1-12-9-14-15-13(10-18(14,2)3)7-8-20(6)11-19(4,5)16(12)17(15)20/h9,13H,7-8,10-11H2,1-6H3. The lowest BCUT2D eigenvalue weighted by atomic mass is 9.79. The van der Waals surface area contributed by atoms with Crippen LogP contribution in [0.1, 0.15) is 68.7 Å². The molecule has 0 fully saturated rings. The summed E-state index contributed by atoms with van der Waals surface area (Å²) in [5.74, 6) is 0.879. The van der Waals surface area contributed by atoms with Gasteiger partial charge in [-0.1, -0.05) is 51.5 Å². The largest absolute Gasteiger partial charge is 0.0853 e. The highest BCUT2D eigenvalue weighted by Crippen LogP contribution is 2.56. The Morgan fingerprint density at radius 1 is 1.15 bits per heavy atom. The van der Waals surface area contributed by atoms with E-state index in [0.29, 0.717) is 10.8 Å². The van der Waals surface area contributed by atoms with Crippen molar-refractivity contribution in [3.63, 3.8) is 0 Å². The van der Waals surface area contributed by atoms with Gasteiger partial charge in [-0.2, -0.15) is 0 Å². The van der Waals surface area contributed by atoms with Crippen LogP contribution < -0.4 is 5.19 Å². The fraction of sp³-hybridized carbons (Fsp3) is 0.684. The van der Waals surface area contributed by atoms with Crippen LogP contribution in [-0.4, -0.2) is 8.07 Å². The molecule has 0 saturated carbocycles. The summed E-state index contributed by atoms with van der Waals surface area (Å²) in [7, 11) is -1.20. The predicted molar refractivity (Wildman–Crippen MR) is 90.1 cm³/mol. The van der Waals surface area contributed by atoms with Gasteiger partial charge >= 0.3 is 0 Å². The van der Waals surface area contributed by atoms with Crippen molar-refractivity contribution in [1.82, 2.24) is 0 Å². The molecule has 108 valence electrons. The zero-order valence-corrected chi connectivity index (χ0v) is 15.0. The zero-order chi connectivity index (χ0) is 14.5. The fourth-order valence-corrected chi connectivity index (χ4v) is 12.1. The molecule has 0 aromatic heterocycles. The zero-order valence-electron chi connectivity index (χ0n) is 14.0. The Kier molecular flexibility index (Phi) is 2.25. The van der Waals surface area contributed by atoms with E-state index in [0.717, 1.165) is 5.92 Å². The predicted octanol–water partition coefficient (Wildman–Crippen LogP) is 4.74. The van der Waals surface area contributed by atoms with E-state index in [9.17, 15) is 0 Å². The first-order chi connectivity index (χ1) is 9.16. The van der Waals surface area contributed by atoms with Crippen LogP contribution in [0.25, 0.3) is 0 Å². The lowest BCUT2D eigenvalue weighted by Crippen LogP contribution is -2.47. The molecule has 2 heterocycles. The van der Waals surface area contributed by atoms with Crippen molar-refractivity contribution in [3.05, 3.63) is 28.3 Å². The number of aryl methyl sites for hydroxylation is 1. The summed E-state index contributed by atoms with van der Waals surface area (Å²) >= 11 is 0. The molecular formula is C19H28Si. The van der Waals surface area contributed by atoms with Gasteiger partial charge in [-0.05, 0) is 64.8 Å². The maximum atomic E-state index is 2.68. The number of hydrogen-bond donors (Lipinski definition) is 0. The van der Waals surface area contributed by atoms with Crippen LogP contribution in [0.3, 0.4) is 0 Å². The summed E-state index contributed by atoms with van der Waals surface area (Å²) in [4.78, 5) is 0. The van der Waals surface area contributed by atoms with Crippen molar-refractivity contribution in [2.75, 3.05) is 0 Å². The minimum atomic E-state index is -1.20. The molecule has 3 aliphatic rings. The third-order valence-electron chi connectivity index (χ3n) is 6.62. The maximum absolute atomic E-state index is 2.68. The lowest BCUT2D eigenvalue weighted by Gasteiger charge is -2.34. The van der Waals surface area contributed by atoms with Gasteiger partial charge in [0.05, 0.1) is 8.07 Å². The summed E-state index contributed by atoms with van der Waals surface area (Å²) in [6, 6.07) is 5.60. The minimum absolute atomic E-state index is 0.409. The van der Waals surface area contributed by atoms with E-state index in [-0.39, 0.29) is 0 Å². The van der Waals surface area contributed by atoms with E-state index in [1.165, 1.54) is 18.9 Å². The normalized spacial score (nSPS) is 35.2. The van der Waals surface area contributed by atoms with Crippen molar-refractivity contribution < 1.29 is 0 Å². The van der Waals surface area contributed by atoms with Crippen molar-refractivity contribution in [2.24, 2.45) is 0 Å². The first-order valence-corrected chi connectivity index (χ1v) is 11.3. The van der Waals surface area contributed by atoms with Crippen molar-refractivity contribution in [1.29, 1.82) is 0 Å². The van der Waals surface area contributed by atoms with Gasteiger partial charge in [0.25, 0.3) is 0 Å². The van der Waals surface area contributed by atoms with Gasteiger partial charge in [-0.25, -0.2) is 0 Å². The molecule has 0 nitrogen and oxygen atoms in total. The molecule has 2 aliphatic heterocycles. The molecule has 20 heavy (non-hydrogen) atoms. The van der Waals surface area contributed by atoms with Crippen LogP contribution in [0.5, 0.6) is 0 Å². The number of benzene rings is 1. The van der Waals surface area contributed by atoms with Crippen LogP contribution >= 0.6 is 0 Å². The van der Waals surface area contributed by atoms with Gasteiger partial charge < -0.3 is 0 Å². The summed E-state index contributed by atoms with van der Waals surface area (Å²) in [5, 5.41) is 1.93. The topological polar surface area (TPSA) is 0 Å². The highest BCUT2D eigenvalue weighted by molar-refractivity contribution is 6.93. The van der Waals surface area contributed by atoms with Crippen LogP contribution in [0.4, 0.5) is 0 Å². The lowest BCUT2D eigenvalue weighted by molar-refractivity contribution is 0.466. The second kappa shape index (κ2) is 3.43. The quantitative estimate of drug-likeness (QED) is 0.604. The summed E-state index contributed by atoms with van der Waals surface area (Å²) < 4.78 is 0. The molecule has 1 aromatic rings. The molecule has 4 rings (SSSR count). The molecular weight excluding hydrogens is 256 g/mol. The van der Waals surface area contributed by atoms with Gasteiger partial charge in [0, 0.05) is 0 Å². The van der Waals surface area contributed by atoms with E-state index < -0.39 is 8.07 Å². The van der Waals surface area contributed by atoms with Crippen LogP contribution in [0.2, 0.25) is 18.6 Å². The van der Waals surface area contributed by atoms with E-state index >= 15 is 0 Å². The van der Waals surface area contributed by atoms with Crippen LogP contribution in [0.15, 0.2) is 6.07 Å². The molecule has 1 aromatic carbocycles. The van der Waals surface area contributed by atoms with Crippen LogP contribution in [0, 0.1) is 6.92 Å². The molecule has 0 bridgehead atoms. The van der Waals surface area contributed by atoms with Gasteiger partial charge in [0.15, 0.2) is 0 Å². The Morgan fingerprint density at radius 2 is 1.85 bits per heavy atom. The Labute approximate surface area is 125 Å². The number of hydrogen-bond acceptors (Lipinski definition) is 0. The Balaban J connectivity index is 2.13. The van der Waals surface area contributed by atoms with E-state index in [4.69, 9.17) is 0 Å². The second-order valence-electron chi connectivity index (χ2n) is 9.35. The summed E-state index contributed by atoms with van der Waals surface area (Å²) in [6.45, 7) is 15.0. The summed E-state index contributed by atoms with van der Waals surface area (Å²) in [5.41, 5.74) is 7.77. The molecule has 0 spiro atoms. The van der Waals surface area contributed by atoms with Gasteiger partial charge in [0.1, 0.15) is 0 Å².